The zero-order valence-corrected chi connectivity index (χ0v) is 11.7. The number of esters is 1. The minimum absolute atomic E-state index is 0.101. The second kappa shape index (κ2) is 5.09. The molecule has 0 radical (unpaired) electrons. The van der Waals surface area contributed by atoms with Gasteiger partial charge in [0.2, 0.25) is 5.90 Å². The lowest BCUT2D eigenvalue weighted by Gasteiger charge is -2.11. The van der Waals surface area contributed by atoms with Gasteiger partial charge in [0.25, 0.3) is 0 Å². The maximum Gasteiger partial charge on any atom is 0.334 e. The topological polar surface area (TPSA) is 68.1 Å². The van der Waals surface area contributed by atoms with Crippen LogP contribution in [0.5, 0.6) is 5.75 Å². The maximum absolute atomic E-state index is 11.6. The van der Waals surface area contributed by atoms with E-state index >= 15 is 0 Å². The van der Waals surface area contributed by atoms with Gasteiger partial charge in [-0.3, -0.25) is 0 Å². The van der Waals surface area contributed by atoms with Crippen molar-refractivity contribution in [2.45, 2.75) is 19.1 Å². The summed E-state index contributed by atoms with van der Waals surface area (Å²) in [5, 5.41) is 12.0. The van der Waals surface area contributed by atoms with Gasteiger partial charge in [0.05, 0.1) is 12.7 Å². The Balaban J connectivity index is 2.05. The number of aromatic hydroxyl groups is 1. The number of hydrogen-bond donors (Lipinski definition) is 1. The Bertz CT molecular complexity index is 738. The molecule has 108 valence electrons. The highest BCUT2D eigenvalue weighted by molar-refractivity contribution is 6.05. The average Bonchev–Trinajstić information content (AvgIpc) is 2.89. The highest BCUT2D eigenvalue weighted by atomic mass is 16.5. The van der Waals surface area contributed by atoms with Gasteiger partial charge in [-0.15, -0.1) is 0 Å². The summed E-state index contributed by atoms with van der Waals surface area (Å²) in [6.07, 6.45) is -0.418. The summed E-state index contributed by atoms with van der Waals surface area (Å²) in [6.45, 7) is 1.75. The average molecular weight is 285 g/mol. The van der Waals surface area contributed by atoms with E-state index in [1.54, 1.807) is 13.0 Å². The van der Waals surface area contributed by atoms with Crippen LogP contribution in [0.3, 0.4) is 0 Å². The van der Waals surface area contributed by atoms with Crippen LogP contribution in [0.1, 0.15) is 12.5 Å². The van der Waals surface area contributed by atoms with Crippen molar-refractivity contribution in [3.05, 3.63) is 42.0 Å². The van der Waals surface area contributed by atoms with E-state index in [9.17, 15) is 9.90 Å². The molecule has 1 aliphatic rings. The Morgan fingerprint density at radius 3 is 2.81 bits per heavy atom. The summed E-state index contributed by atoms with van der Waals surface area (Å²) < 4.78 is 10.3. The lowest BCUT2D eigenvalue weighted by Crippen LogP contribution is -2.28. The number of hydrogen-bond acceptors (Lipinski definition) is 5. The maximum atomic E-state index is 11.6. The minimum atomic E-state index is -0.698. The fourth-order valence-corrected chi connectivity index (χ4v) is 2.43. The summed E-state index contributed by atoms with van der Waals surface area (Å²) in [6, 6.07) is 10.4. The molecule has 0 saturated heterocycles. The number of ether oxygens (including phenoxy) is 2. The molecule has 1 aliphatic heterocycles. The minimum Gasteiger partial charge on any atom is -0.506 e. The van der Waals surface area contributed by atoms with Gasteiger partial charge in [-0.25, -0.2) is 9.79 Å². The number of aliphatic imine (C=N–C) groups is 1. The molecule has 5 heteroatoms. The zero-order chi connectivity index (χ0) is 15.0. The summed E-state index contributed by atoms with van der Waals surface area (Å²) >= 11 is 0. The normalized spacial score (nSPS) is 21.0. The van der Waals surface area contributed by atoms with Crippen LogP contribution in [-0.2, 0) is 14.3 Å². The molecule has 1 heterocycles. The number of nitrogens with zero attached hydrogens (tertiary/aromatic N) is 1. The first-order chi connectivity index (χ1) is 10.1. The largest absolute Gasteiger partial charge is 0.506 e. The van der Waals surface area contributed by atoms with Crippen LogP contribution in [-0.4, -0.2) is 36.2 Å². The predicted molar refractivity (Wildman–Crippen MR) is 78.5 cm³/mol. The van der Waals surface area contributed by atoms with Crippen molar-refractivity contribution in [3.8, 4) is 5.75 Å². The Morgan fingerprint density at radius 1 is 1.29 bits per heavy atom. The van der Waals surface area contributed by atoms with E-state index in [-0.39, 0.29) is 11.6 Å². The van der Waals surface area contributed by atoms with Crippen LogP contribution in [0.25, 0.3) is 10.8 Å². The third kappa shape index (κ3) is 2.20. The first-order valence-corrected chi connectivity index (χ1v) is 6.65. The van der Waals surface area contributed by atoms with E-state index in [0.29, 0.717) is 5.56 Å². The van der Waals surface area contributed by atoms with Crippen molar-refractivity contribution in [3.63, 3.8) is 0 Å². The van der Waals surface area contributed by atoms with Crippen molar-refractivity contribution >= 4 is 22.6 Å². The van der Waals surface area contributed by atoms with Gasteiger partial charge in [-0.05, 0) is 18.4 Å². The molecule has 2 aromatic rings. The van der Waals surface area contributed by atoms with Crippen LogP contribution in [0.15, 0.2) is 41.4 Å². The van der Waals surface area contributed by atoms with Gasteiger partial charge in [0.1, 0.15) is 11.9 Å². The third-order valence-corrected chi connectivity index (χ3v) is 3.57. The van der Waals surface area contributed by atoms with E-state index in [4.69, 9.17) is 9.47 Å². The molecular weight excluding hydrogens is 270 g/mol. The number of carbonyl (C=O) groups excluding carboxylic acids is 1. The lowest BCUT2D eigenvalue weighted by atomic mass is 10.1. The Hall–Kier alpha value is -2.56. The predicted octanol–water partition coefficient (Wildman–Crippen LogP) is 2.25. The summed E-state index contributed by atoms with van der Waals surface area (Å²) in [5.74, 6) is -0.0801. The van der Waals surface area contributed by atoms with E-state index < -0.39 is 18.1 Å². The van der Waals surface area contributed by atoms with E-state index in [1.165, 1.54) is 7.11 Å². The SMILES string of the molecule is COC(=O)[C@H]1N=C(c2ccc3ccccc3c2O)O[C@H]1C. The van der Waals surface area contributed by atoms with Crippen molar-refractivity contribution in [1.29, 1.82) is 0 Å². The van der Waals surface area contributed by atoms with Crippen LogP contribution >= 0.6 is 0 Å². The monoisotopic (exact) mass is 285 g/mol. The second-order valence-electron chi connectivity index (χ2n) is 4.91. The number of benzene rings is 2. The molecule has 0 amide bonds. The molecule has 0 bridgehead atoms. The molecule has 0 saturated carbocycles. The van der Waals surface area contributed by atoms with E-state index in [0.717, 1.165) is 10.8 Å². The summed E-state index contributed by atoms with van der Waals surface area (Å²) in [7, 11) is 1.32. The smallest absolute Gasteiger partial charge is 0.334 e. The van der Waals surface area contributed by atoms with E-state index in [1.807, 2.05) is 30.3 Å². The number of fused-ring (bicyclic) bond motifs is 1. The quantitative estimate of drug-likeness (QED) is 0.859. The first kappa shape index (κ1) is 13.4. The fraction of sp³-hybridized carbons (Fsp3) is 0.250. The summed E-state index contributed by atoms with van der Waals surface area (Å²) in [5.41, 5.74) is 0.479. The third-order valence-electron chi connectivity index (χ3n) is 3.57. The van der Waals surface area contributed by atoms with Crippen LogP contribution in [0.2, 0.25) is 0 Å². The molecule has 0 aliphatic carbocycles. The molecule has 0 spiro atoms. The number of phenols is 1. The molecule has 21 heavy (non-hydrogen) atoms. The molecule has 0 unspecified atom stereocenters. The molecular formula is C16H15NO4. The van der Waals surface area contributed by atoms with Crippen molar-refractivity contribution < 1.29 is 19.4 Å². The Labute approximate surface area is 121 Å². The molecule has 0 aromatic heterocycles. The first-order valence-electron chi connectivity index (χ1n) is 6.65. The highest BCUT2D eigenvalue weighted by Gasteiger charge is 2.35. The molecule has 3 rings (SSSR count). The number of phenolic OH excluding ortho intramolecular Hbond substituents is 1. The molecule has 0 fully saturated rings. The van der Waals surface area contributed by atoms with Gasteiger partial charge < -0.3 is 14.6 Å². The lowest BCUT2D eigenvalue weighted by molar-refractivity contribution is -0.143. The number of methoxy groups -OCH3 is 1. The van der Waals surface area contributed by atoms with Crippen molar-refractivity contribution in [1.82, 2.24) is 0 Å². The van der Waals surface area contributed by atoms with Crippen LogP contribution in [0, 0.1) is 0 Å². The van der Waals surface area contributed by atoms with Crippen LogP contribution in [0.4, 0.5) is 0 Å². The van der Waals surface area contributed by atoms with E-state index in [2.05, 4.69) is 4.99 Å². The van der Waals surface area contributed by atoms with Crippen molar-refractivity contribution in [2.24, 2.45) is 4.99 Å². The zero-order valence-electron chi connectivity index (χ0n) is 11.7. The van der Waals surface area contributed by atoms with Crippen molar-refractivity contribution in [2.75, 3.05) is 7.11 Å². The Morgan fingerprint density at radius 2 is 2.05 bits per heavy atom. The number of carbonyl (C=O) groups is 1. The van der Waals surface area contributed by atoms with Crippen LogP contribution < -0.4 is 0 Å². The fourth-order valence-electron chi connectivity index (χ4n) is 2.43. The molecule has 1 N–H and O–H groups in total. The molecule has 2 aromatic carbocycles. The standard InChI is InChI=1S/C16H15NO4/c1-9-13(16(19)20-2)17-15(21-9)12-8-7-10-5-3-4-6-11(10)14(12)18/h3-9,13,18H,1-2H3/t9-,13-/m0/s1. The van der Waals surface area contributed by atoms with Gasteiger partial charge in [0, 0.05) is 5.39 Å². The highest BCUT2D eigenvalue weighted by Crippen LogP contribution is 2.31. The van der Waals surface area contributed by atoms with Gasteiger partial charge in [-0.2, -0.15) is 0 Å². The number of rotatable bonds is 2. The molecule has 2 atom stereocenters. The Kier molecular flexibility index (Phi) is 3.25. The second-order valence-corrected chi connectivity index (χ2v) is 4.91. The molecule has 5 nitrogen and oxygen atoms in total. The summed E-state index contributed by atoms with van der Waals surface area (Å²) in [4.78, 5) is 15.9. The van der Waals surface area contributed by atoms with Gasteiger partial charge >= 0.3 is 5.97 Å². The van der Waals surface area contributed by atoms with Gasteiger partial charge in [0.15, 0.2) is 6.04 Å². The van der Waals surface area contributed by atoms with Gasteiger partial charge in [-0.1, -0.05) is 30.3 Å².